The van der Waals surface area contributed by atoms with E-state index in [4.69, 9.17) is 14.5 Å². The molecule has 2 unspecified atom stereocenters. The van der Waals surface area contributed by atoms with Gasteiger partial charge in [-0.2, -0.15) is 0 Å². The predicted octanol–water partition coefficient (Wildman–Crippen LogP) is 3.34. The maximum absolute atomic E-state index is 6.18. The van der Waals surface area contributed by atoms with Crippen LogP contribution in [-0.2, 0) is 11.3 Å². The molecule has 2 fully saturated rings. The van der Waals surface area contributed by atoms with E-state index in [0.717, 1.165) is 56.5 Å². The maximum atomic E-state index is 6.18. The fraction of sp³-hybridized carbons (Fsp3) is 0.708. The van der Waals surface area contributed by atoms with Crippen LogP contribution in [0.1, 0.15) is 50.7 Å². The first-order valence-corrected chi connectivity index (χ1v) is 11.8. The third-order valence-corrected chi connectivity index (χ3v) is 6.13. The molecule has 0 aliphatic carbocycles. The second-order valence-electron chi connectivity index (χ2n) is 8.51. The van der Waals surface area contributed by atoms with Crippen molar-refractivity contribution in [2.24, 2.45) is 10.9 Å². The highest BCUT2D eigenvalue weighted by Gasteiger charge is 2.21. The van der Waals surface area contributed by atoms with Gasteiger partial charge in [-0.15, -0.1) is 0 Å². The summed E-state index contributed by atoms with van der Waals surface area (Å²) >= 11 is 0. The molecule has 2 saturated heterocycles. The first-order valence-electron chi connectivity index (χ1n) is 11.8. The predicted molar refractivity (Wildman–Crippen MR) is 123 cm³/mol. The lowest BCUT2D eigenvalue weighted by Crippen LogP contribution is -2.49. The van der Waals surface area contributed by atoms with Crippen molar-refractivity contribution in [2.75, 3.05) is 46.0 Å². The number of nitrogens with one attached hydrogen (secondary N) is 2. The molecular formula is C24H40N4O2. The number of likely N-dealkylation sites (tertiary alicyclic amines) is 1. The SMILES string of the molecule is CCNC(=NCc1ccc(C)cc1OCC1CCOC1)NCC1CCCCN1CC. The molecule has 30 heavy (non-hydrogen) atoms. The normalized spacial score (nSPS) is 22.8. The molecule has 1 aromatic carbocycles. The van der Waals surface area contributed by atoms with E-state index in [1.165, 1.54) is 31.4 Å². The van der Waals surface area contributed by atoms with Gasteiger partial charge in [0.05, 0.1) is 19.8 Å². The number of aliphatic imine (C=N–C) groups is 1. The number of aryl methyl sites for hydroxylation is 1. The fourth-order valence-corrected chi connectivity index (χ4v) is 4.28. The van der Waals surface area contributed by atoms with Crippen LogP contribution in [0.3, 0.4) is 0 Å². The summed E-state index contributed by atoms with van der Waals surface area (Å²) in [5.74, 6) is 2.33. The second-order valence-corrected chi connectivity index (χ2v) is 8.51. The highest BCUT2D eigenvalue weighted by molar-refractivity contribution is 5.79. The second kappa shape index (κ2) is 12.2. The molecule has 3 rings (SSSR count). The maximum Gasteiger partial charge on any atom is 0.191 e. The Morgan fingerprint density at radius 1 is 1.23 bits per heavy atom. The minimum atomic E-state index is 0.498. The molecule has 0 saturated carbocycles. The van der Waals surface area contributed by atoms with E-state index in [1.807, 2.05) is 0 Å². The van der Waals surface area contributed by atoms with E-state index in [1.54, 1.807) is 0 Å². The van der Waals surface area contributed by atoms with E-state index >= 15 is 0 Å². The van der Waals surface area contributed by atoms with E-state index in [0.29, 0.717) is 25.1 Å². The van der Waals surface area contributed by atoms with Gasteiger partial charge < -0.3 is 20.1 Å². The van der Waals surface area contributed by atoms with Gasteiger partial charge in [0, 0.05) is 37.2 Å². The number of nitrogens with zero attached hydrogens (tertiary/aromatic N) is 2. The molecule has 168 valence electrons. The minimum absolute atomic E-state index is 0.498. The van der Waals surface area contributed by atoms with Gasteiger partial charge in [-0.25, -0.2) is 4.99 Å². The molecule has 2 atom stereocenters. The molecule has 6 heteroatoms. The summed E-state index contributed by atoms with van der Waals surface area (Å²) in [5, 5.41) is 6.97. The zero-order valence-electron chi connectivity index (χ0n) is 19.1. The van der Waals surface area contributed by atoms with Crippen molar-refractivity contribution in [3.8, 4) is 5.75 Å². The molecule has 2 heterocycles. The summed E-state index contributed by atoms with van der Waals surface area (Å²) in [6.07, 6.45) is 5.00. The minimum Gasteiger partial charge on any atom is -0.493 e. The Balaban J connectivity index is 1.60. The van der Waals surface area contributed by atoms with Gasteiger partial charge >= 0.3 is 0 Å². The quantitative estimate of drug-likeness (QED) is 0.478. The number of likely N-dealkylation sites (N-methyl/N-ethyl adjacent to an activating group) is 1. The van der Waals surface area contributed by atoms with Crippen LogP contribution in [0.25, 0.3) is 0 Å². The lowest BCUT2D eigenvalue weighted by molar-refractivity contribution is 0.157. The number of ether oxygens (including phenoxy) is 2. The van der Waals surface area contributed by atoms with Crippen LogP contribution in [0.2, 0.25) is 0 Å². The molecule has 2 aliphatic heterocycles. The van der Waals surface area contributed by atoms with Crippen molar-refractivity contribution in [1.29, 1.82) is 0 Å². The average Bonchev–Trinajstić information content (AvgIpc) is 3.29. The number of hydrogen-bond donors (Lipinski definition) is 2. The molecule has 2 N–H and O–H groups in total. The topological polar surface area (TPSA) is 58.1 Å². The van der Waals surface area contributed by atoms with Gasteiger partial charge in [-0.1, -0.05) is 25.5 Å². The third-order valence-electron chi connectivity index (χ3n) is 6.13. The summed E-state index contributed by atoms with van der Waals surface area (Å²) in [6, 6.07) is 7.00. The van der Waals surface area contributed by atoms with Gasteiger partial charge in [0.25, 0.3) is 0 Å². The van der Waals surface area contributed by atoms with Crippen molar-refractivity contribution in [1.82, 2.24) is 15.5 Å². The summed E-state index contributed by atoms with van der Waals surface area (Å²) < 4.78 is 11.7. The van der Waals surface area contributed by atoms with Crippen LogP contribution < -0.4 is 15.4 Å². The number of piperidine rings is 1. The van der Waals surface area contributed by atoms with E-state index in [2.05, 4.69) is 54.5 Å². The largest absolute Gasteiger partial charge is 0.493 e. The molecule has 0 bridgehead atoms. The summed E-state index contributed by atoms with van der Waals surface area (Å²) in [7, 11) is 0. The Morgan fingerprint density at radius 2 is 2.13 bits per heavy atom. The first kappa shape index (κ1) is 22.9. The van der Waals surface area contributed by atoms with Crippen molar-refractivity contribution in [3.63, 3.8) is 0 Å². The molecule has 2 aliphatic rings. The van der Waals surface area contributed by atoms with E-state index in [-0.39, 0.29) is 0 Å². The number of guanidine groups is 1. The van der Waals surface area contributed by atoms with Gasteiger partial charge in [0.15, 0.2) is 5.96 Å². The van der Waals surface area contributed by atoms with Crippen LogP contribution in [0.15, 0.2) is 23.2 Å². The Hall–Kier alpha value is -1.79. The van der Waals surface area contributed by atoms with Gasteiger partial charge in [-0.05, 0) is 57.8 Å². The van der Waals surface area contributed by atoms with Crippen molar-refractivity contribution in [2.45, 2.75) is 59.0 Å². The smallest absolute Gasteiger partial charge is 0.191 e. The standard InChI is InChI=1S/C24H40N4O2/c1-4-25-24(27-16-22-8-6-7-12-28(22)5-2)26-15-21-10-9-19(3)14-23(21)30-18-20-11-13-29-17-20/h9-10,14,20,22H,4-8,11-13,15-18H2,1-3H3,(H2,25,26,27). The zero-order valence-corrected chi connectivity index (χ0v) is 19.1. The molecule has 0 aromatic heterocycles. The van der Waals surface area contributed by atoms with Gasteiger partial charge in [-0.3, -0.25) is 4.90 Å². The van der Waals surface area contributed by atoms with Crippen LogP contribution >= 0.6 is 0 Å². The lowest BCUT2D eigenvalue weighted by Gasteiger charge is -2.35. The number of benzene rings is 1. The molecular weight excluding hydrogens is 376 g/mol. The molecule has 0 spiro atoms. The Labute approximate surface area is 182 Å². The molecule has 0 radical (unpaired) electrons. The van der Waals surface area contributed by atoms with Crippen LogP contribution in [0.5, 0.6) is 5.75 Å². The van der Waals surface area contributed by atoms with E-state index < -0.39 is 0 Å². The Bertz CT molecular complexity index is 673. The van der Waals surface area contributed by atoms with Gasteiger partial charge in [0.1, 0.15) is 5.75 Å². The fourth-order valence-electron chi connectivity index (χ4n) is 4.28. The average molecular weight is 417 g/mol. The Morgan fingerprint density at radius 3 is 2.90 bits per heavy atom. The summed E-state index contributed by atoms with van der Waals surface area (Å²) in [6.45, 7) is 13.6. The molecule has 1 aromatic rings. The lowest BCUT2D eigenvalue weighted by atomic mass is 10.0. The van der Waals surface area contributed by atoms with Crippen molar-refractivity contribution >= 4 is 5.96 Å². The van der Waals surface area contributed by atoms with Crippen LogP contribution in [-0.4, -0.2) is 62.9 Å². The highest BCUT2D eigenvalue weighted by Crippen LogP contribution is 2.23. The zero-order chi connectivity index (χ0) is 21.2. The van der Waals surface area contributed by atoms with E-state index in [9.17, 15) is 0 Å². The van der Waals surface area contributed by atoms with Crippen molar-refractivity contribution in [3.05, 3.63) is 29.3 Å². The van der Waals surface area contributed by atoms with Crippen LogP contribution in [0, 0.1) is 12.8 Å². The Kier molecular flexibility index (Phi) is 9.27. The summed E-state index contributed by atoms with van der Waals surface area (Å²) in [4.78, 5) is 7.44. The summed E-state index contributed by atoms with van der Waals surface area (Å²) in [5.41, 5.74) is 2.34. The first-order chi connectivity index (χ1) is 14.7. The van der Waals surface area contributed by atoms with Gasteiger partial charge in [0.2, 0.25) is 0 Å². The monoisotopic (exact) mass is 416 g/mol. The number of hydrogen-bond acceptors (Lipinski definition) is 4. The molecule has 0 amide bonds. The van der Waals surface area contributed by atoms with Crippen LogP contribution in [0.4, 0.5) is 0 Å². The number of rotatable bonds is 9. The third kappa shape index (κ3) is 6.88. The molecule has 6 nitrogen and oxygen atoms in total. The van der Waals surface area contributed by atoms with Crippen molar-refractivity contribution < 1.29 is 9.47 Å². The highest BCUT2D eigenvalue weighted by atomic mass is 16.5.